The Labute approximate surface area is 225 Å². The molecule has 1 aromatic carbocycles. The third kappa shape index (κ3) is 5.81. The van der Waals surface area contributed by atoms with E-state index in [1.165, 1.54) is 6.07 Å². The lowest BCUT2D eigenvalue weighted by Crippen LogP contribution is -2.36. The van der Waals surface area contributed by atoms with Gasteiger partial charge in [0.1, 0.15) is 11.6 Å². The van der Waals surface area contributed by atoms with Gasteiger partial charge in [0.2, 0.25) is 11.8 Å². The minimum Gasteiger partial charge on any atom is -0.490 e. The Morgan fingerprint density at radius 1 is 0.974 bits per heavy atom. The third-order valence-corrected chi connectivity index (χ3v) is 8.00. The van der Waals surface area contributed by atoms with Crippen LogP contribution in [0.4, 0.5) is 20.7 Å². The number of ether oxygens (including phenoxy) is 2. The summed E-state index contributed by atoms with van der Waals surface area (Å²) < 4.78 is 44.9. The molecule has 3 aliphatic heterocycles. The van der Waals surface area contributed by atoms with E-state index in [-0.39, 0.29) is 17.5 Å². The molecule has 0 bridgehead atoms. The minimum absolute atomic E-state index is 0.287. The maximum atomic E-state index is 14.3. The molecule has 0 aliphatic carbocycles. The van der Waals surface area contributed by atoms with Crippen molar-refractivity contribution in [3.8, 4) is 5.75 Å². The van der Waals surface area contributed by atoms with Crippen molar-refractivity contribution < 1.29 is 22.8 Å². The molecule has 2 atom stereocenters. The highest BCUT2D eigenvalue weighted by atomic mass is 19.1. The summed E-state index contributed by atoms with van der Waals surface area (Å²) >= 11 is 0. The molecule has 0 saturated carbocycles. The first-order valence-electron chi connectivity index (χ1n) is 13.6. The van der Waals surface area contributed by atoms with E-state index in [0.717, 1.165) is 70.0 Å². The molecule has 10 nitrogen and oxygen atoms in total. The predicted octanol–water partition coefficient (Wildman–Crippen LogP) is 3.26. The highest BCUT2D eigenvalue weighted by Gasteiger charge is 2.34. The fourth-order valence-electron chi connectivity index (χ4n) is 5.65. The number of aromatic nitrogens is 4. The third-order valence-electron chi connectivity index (χ3n) is 8.00. The Balaban J connectivity index is 0.976. The maximum absolute atomic E-state index is 14.3. The Bertz CT molecular complexity index is 1250. The summed E-state index contributed by atoms with van der Waals surface area (Å²) in [5.74, 6) is 1.90. The maximum Gasteiger partial charge on any atom is 0.266 e. The quantitative estimate of drug-likeness (QED) is 0.478. The van der Waals surface area contributed by atoms with Gasteiger partial charge in [-0.3, -0.25) is 0 Å². The van der Waals surface area contributed by atoms with Crippen molar-refractivity contribution in [2.45, 2.75) is 43.6 Å². The summed E-state index contributed by atoms with van der Waals surface area (Å²) in [6.07, 6.45) is 7.07. The van der Waals surface area contributed by atoms with Crippen LogP contribution in [0.15, 0.2) is 35.1 Å². The minimum atomic E-state index is -0.477. The summed E-state index contributed by atoms with van der Waals surface area (Å²) in [6, 6.07) is 3.12. The number of halogens is 2. The molecule has 2 N–H and O–H groups in total. The van der Waals surface area contributed by atoms with Gasteiger partial charge in [-0.15, -0.1) is 0 Å². The van der Waals surface area contributed by atoms with E-state index in [1.807, 2.05) is 4.90 Å². The highest BCUT2D eigenvalue weighted by Crippen LogP contribution is 2.31. The summed E-state index contributed by atoms with van der Waals surface area (Å²) in [5, 5.41) is 4.21. The smallest absolute Gasteiger partial charge is 0.266 e. The van der Waals surface area contributed by atoms with E-state index in [0.29, 0.717) is 49.2 Å². The van der Waals surface area contributed by atoms with Crippen LogP contribution in [0.25, 0.3) is 0 Å². The van der Waals surface area contributed by atoms with Crippen molar-refractivity contribution in [3.05, 3.63) is 53.7 Å². The second kappa shape index (κ2) is 11.4. The number of hydrogen-bond acceptors (Lipinski definition) is 10. The second-order valence-corrected chi connectivity index (χ2v) is 10.6. The van der Waals surface area contributed by atoms with Crippen molar-refractivity contribution >= 4 is 11.9 Å². The lowest BCUT2D eigenvalue weighted by atomic mass is 9.94. The van der Waals surface area contributed by atoms with Crippen molar-refractivity contribution in [2.75, 3.05) is 55.8 Å². The van der Waals surface area contributed by atoms with Crippen molar-refractivity contribution in [2.24, 2.45) is 11.7 Å². The van der Waals surface area contributed by atoms with E-state index in [1.54, 1.807) is 12.4 Å². The second-order valence-electron chi connectivity index (χ2n) is 10.6. The van der Waals surface area contributed by atoms with E-state index >= 15 is 0 Å². The Hall–Kier alpha value is -3.38. The van der Waals surface area contributed by atoms with Crippen LogP contribution >= 0.6 is 0 Å². The Morgan fingerprint density at radius 3 is 2.51 bits per heavy atom. The first-order valence-corrected chi connectivity index (χ1v) is 13.6. The SMILES string of the molecule is N[C@H]1CN(c2ncc(OCC3CCN(c4noc(C5CCOCC5)n4)CC3)cn2)C[C@@H]1c1cc(F)ccc1F. The fraction of sp³-hybridized carbons (Fsp3) is 0.556. The highest BCUT2D eigenvalue weighted by molar-refractivity contribution is 5.39. The molecule has 208 valence electrons. The fourth-order valence-corrected chi connectivity index (χ4v) is 5.65. The monoisotopic (exact) mass is 541 g/mol. The first kappa shape index (κ1) is 25.9. The predicted molar refractivity (Wildman–Crippen MR) is 139 cm³/mol. The Kier molecular flexibility index (Phi) is 7.55. The number of nitrogens with two attached hydrogens (primary N) is 1. The number of hydrogen-bond donors (Lipinski definition) is 1. The van der Waals surface area contributed by atoms with Crippen molar-refractivity contribution in [1.82, 2.24) is 20.1 Å². The van der Waals surface area contributed by atoms with Gasteiger partial charge in [-0.1, -0.05) is 0 Å². The van der Waals surface area contributed by atoms with Gasteiger partial charge in [-0.25, -0.2) is 18.7 Å². The average Bonchev–Trinajstić information content (AvgIpc) is 3.62. The molecule has 0 amide bonds. The molecule has 0 spiro atoms. The largest absolute Gasteiger partial charge is 0.490 e. The molecule has 2 aromatic heterocycles. The van der Waals surface area contributed by atoms with Crippen LogP contribution in [-0.2, 0) is 4.74 Å². The standard InChI is InChI=1S/C27H33F2N7O3/c28-19-1-2-23(29)21(11-19)22-14-36(15-24(22)30)26-31-12-20(13-32-26)38-16-17-3-7-35(8-4-17)27-33-25(39-34-27)18-5-9-37-10-6-18/h1-2,11-13,17-18,22,24H,3-10,14-16,30H2/t22-,24+/m1/s1. The normalized spacial score (nSPS) is 22.9. The number of benzene rings is 1. The molecular weight excluding hydrogens is 508 g/mol. The van der Waals surface area contributed by atoms with Crippen LogP contribution in [0.5, 0.6) is 5.75 Å². The molecule has 0 unspecified atom stereocenters. The van der Waals surface area contributed by atoms with Crippen molar-refractivity contribution in [1.29, 1.82) is 0 Å². The molecule has 39 heavy (non-hydrogen) atoms. The van der Waals surface area contributed by atoms with Crippen LogP contribution in [0.2, 0.25) is 0 Å². The molecule has 12 heteroatoms. The molecular formula is C27H33F2N7O3. The van der Waals surface area contributed by atoms with Gasteiger partial charge >= 0.3 is 0 Å². The summed E-state index contributed by atoms with van der Waals surface area (Å²) in [6.45, 7) is 4.62. The van der Waals surface area contributed by atoms with Gasteiger partial charge in [0.25, 0.3) is 5.95 Å². The van der Waals surface area contributed by atoms with Gasteiger partial charge in [0, 0.05) is 57.3 Å². The zero-order valence-corrected chi connectivity index (χ0v) is 21.7. The zero-order valence-electron chi connectivity index (χ0n) is 21.7. The van der Waals surface area contributed by atoms with E-state index < -0.39 is 11.6 Å². The molecule has 6 rings (SSSR count). The molecule has 3 saturated heterocycles. The zero-order chi connectivity index (χ0) is 26.8. The summed E-state index contributed by atoms with van der Waals surface area (Å²) in [4.78, 5) is 17.6. The Morgan fingerprint density at radius 2 is 1.74 bits per heavy atom. The lowest BCUT2D eigenvalue weighted by molar-refractivity contribution is 0.0778. The number of anilines is 2. The van der Waals surface area contributed by atoms with E-state index in [9.17, 15) is 8.78 Å². The van der Waals surface area contributed by atoms with Crippen LogP contribution in [0, 0.1) is 17.6 Å². The first-order chi connectivity index (χ1) is 19.0. The number of piperidine rings is 1. The van der Waals surface area contributed by atoms with Crippen LogP contribution in [0.1, 0.15) is 49.0 Å². The molecule has 3 fully saturated rings. The van der Waals surface area contributed by atoms with E-state index in [2.05, 4.69) is 25.0 Å². The van der Waals surface area contributed by atoms with Gasteiger partial charge in [-0.05, 0) is 60.5 Å². The number of rotatable bonds is 7. The lowest BCUT2D eigenvalue weighted by Gasteiger charge is -2.30. The van der Waals surface area contributed by atoms with Crippen LogP contribution in [-0.4, -0.2) is 72.2 Å². The summed E-state index contributed by atoms with van der Waals surface area (Å²) in [7, 11) is 0. The van der Waals surface area contributed by atoms with Gasteiger partial charge in [0.15, 0.2) is 5.75 Å². The van der Waals surface area contributed by atoms with Crippen LogP contribution in [0.3, 0.4) is 0 Å². The van der Waals surface area contributed by atoms with Gasteiger partial charge in [-0.2, -0.15) is 4.98 Å². The van der Waals surface area contributed by atoms with Gasteiger partial charge in [0.05, 0.1) is 19.0 Å². The van der Waals surface area contributed by atoms with Crippen molar-refractivity contribution in [3.63, 3.8) is 0 Å². The summed E-state index contributed by atoms with van der Waals surface area (Å²) in [5.41, 5.74) is 6.56. The molecule has 5 heterocycles. The number of nitrogens with zero attached hydrogens (tertiary/aromatic N) is 6. The van der Waals surface area contributed by atoms with Gasteiger partial charge < -0.3 is 29.5 Å². The van der Waals surface area contributed by atoms with Crippen LogP contribution < -0.4 is 20.3 Å². The molecule has 0 radical (unpaired) electrons. The van der Waals surface area contributed by atoms with E-state index in [4.69, 9.17) is 19.7 Å². The topological polar surface area (TPSA) is 116 Å². The molecule has 3 aliphatic rings. The average molecular weight is 542 g/mol. The molecule has 3 aromatic rings.